The number of aromatic hydroxyl groups is 1. The lowest BCUT2D eigenvalue weighted by Gasteiger charge is -2.11. The van der Waals surface area contributed by atoms with Gasteiger partial charge in [0.25, 0.3) is 5.91 Å². The molecule has 0 aliphatic rings. The van der Waals surface area contributed by atoms with Gasteiger partial charge in [-0.05, 0) is 42.8 Å². The molecule has 0 saturated heterocycles. The van der Waals surface area contributed by atoms with Gasteiger partial charge < -0.3 is 26.9 Å². The maximum atomic E-state index is 12.6. The highest BCUT2D eigenvalue weighted by atomic mass is 16.3. The first-order valence-corrected chi connectivity index (χ1v) is 10.1. The number of nitrogens with zero attached hydrogens (tertiary/aromatic N) is 4. The third kappa shape index (κ3) is 4.64. The summed E-state index contributed by atoms with van der Waals surface area (Å²) in [6.45, 7) is 2.04. The molecule has 0 fully saturated rings. The van der Waals surface area contributed by atoms with Crippen molar-refractivity contribution in [2.75, 3.05) is 5.32 Å². The van der Waals surface area contributed by atoms with Crippen LogP contribution >= 0.6 is 0 Å². The van der Waals surface area contributed by atoms with Crippen molar-refractivity contribution in [3.63, 3.8) is 0 Å². The minimum Gasteiger partial charge on any atom is -0.508 e. The van der Waals surface area contributed by atoms with Gasteiger partial charge in [-0.2, -0.15) is 5.10 Å². The number of fused-ring (bicyclic) bond motifs is 1. The number of nitrogens with one attached hydrogen (secondary N) is 3. The third-order valence-electron chi connectivity index (χ3n) is 4.93. The minimum absolute atomic E-state index is 0.176. The van der Waals surface area contributed by atoms with E-state index in [1.54, 1.807) is 60.1 Å². The van der Waals surface area contributed by atoms with E-state index in [4.69, 9.17) is 11.1 Å². The van der Waals surface area contributed by atoms with Gasteiger partial charge in [0.15, 0.2) is 11.5 Å². The first kappa shape index (κ1) is 21.5. The number of hydrogen-bond donors (Lipinski definition) is 5. The standard InChI is InChI=1S/C23H22N8O2/c1-14(25)19(10-24)20-12-26-21(22-28-13-29-31(20)22)30-17-4-2-3-16(9-17)23(33)27-11-15-5-7-18(32)8-6-15/h2-10,12-13,24,32H,11,25H2,1H3,(H,26,30)(H,27,33). The van der Waals surface area contributed by atoms with E-state index in [-0.39, 0.29) is 11.7 Å². The fraction of sp³-hybridized carbons (Fsp3) is 0.0870. The van der Waals surface area contributed by atoms with Gasteiger partial charge in [0.05, 0.1) is 11.9 Å². The van der Waals surface area contributed by atoms with Crippen molar-refractivity contribution in [3.05, 3.63) is 83.6 Å². The van der Waals surface area contributed by atoms with Crippen molar-refractivity contribution >= 4 is 34.8 Å². The quantitative estimate of drug-likeness (QED) is 0.276. The molecule has 0 bridgehead atoms. The molecule has 2 aromatic carbocycles. The van der Waals surface area contributed by atoms with E-state index in [2.05, 4.69) is 25.7 Å². The van der Waals surface area contributed by atoms with Gasteiger partial charge >= 0.3 is 0 Å². The minimum atomic E-state index is -0.234. The summed E-state index contributed by atoms with van der Waals surface area (Å²) in [5.41, 5.74) is 9.85. The number of carbonyl (C=O) groups is 1. The van der Waals surface area contributed by atoms with E-state index in [9.17, 15) is 9.90 Å². The molecule has 0 spiro atoms. The molecule has 2 heterocycles. The van der Waals surface area contributed by atoms with Crippen molar-refractivity contribution in [2.45, 2.75) is 13.5 Å². The lowest BCUT2D eigenvalue weighted by atomic mass is 10.1. The number of phenols is 1. The molecule has 2 aromatic heterocycles. The van der Waals surface area contributed by atoms with Crippen LogP contribution in [0.25, 0.3) is 11.2 Å². The number of aromatic nitrogens is 4. The monoisotopic (exact) mass is 442 g/mol. The summed E-state index contributed by atoms with van der Waals surface area (Å²) in [4.78, 5) is 21.3. The topological polar surface area (TPSA) is 154 Å². The van der Waals surface area contributed by atoms with Crippen LogP contribution in [0.5, 0.6) is 5.75 Å². The first-order chi connectivity index (χ1) is 16.0. The van der Waals surface area contributed by atoms with Crippen molar-refractivity contribution in [1.82, 2.24) is 24.9 Å². The van der Waals surface area contributed by atoms with E-state index in [0.29, 0.717) is 46.2 Å². The molecule has 0 aliphatic carbocycles. The van der Waals surface area contributed by atoms with Crippen LogP contribution in [0, 0.1) is 5.41 Å². The summed E-state index contributed by atoms with van der Waals surface area (Å²) in [6.07, 6.45) is 4.11. The molecule has 10 nitrogen and oxygen atoms in total. The molecule has 33 heavy (non-hydrogen) atoms. The Morgan fingerprint density at radius 2 is 2.00 bits per heavy atom. The molecular formula is C23H22N8O2. The Labute approximate surface area is 189 Å². The van der Waals surface area contributed by atoms with Crippen LogP contribution in [0.1, 0.15) is 28.5 Å². The molecular weight excluding hydrogens is 420 g/mol. The lowest BCUT2D eigenvalue weighted by Crippen LogP contribution is -2.22. The van der Waals surface area contributed by atoms with E-state index in [1.165, 1.54) is 6.33 Å². The van der Waals surface area contributed by atoms with Crippen LogP contribution in [-0.2, 0) is 6.54 Å². The number of nitrogens with two attached hydrogens (primary N) is 1. The molecule has 0 saturated carbocycles. The summed E-state index contributed by atoms with van der Waals surface area (Å²) in [5.74, 6) is 0.384. The van der Waals surface area contributed by atoms with Crippen LogP contribution in [0.15, 0.2) is 66.8 Å². The Morgan fingerprint density at radius 1 is 1.21 bits per heavy atom. The second-order valence-electron chi connectivity index (χ2n) is 7.28. The number of carbonyl (C=O) groups excluding carboxylic acids is 1. The van der Waals surface area contributed by atoms with Gasteiger partial charge in [-0.1, -0.05) is 18.2 Å². The molecule has 0 atom stereocenters. The van der Waals surface area contributed by atoms with Gasteiger partial charge in [0, 0.05) is 35.3 Å². The van der Waals surface area contributed by atoms with Gasteiger partial charge in [0.1, 0.15) is 12.1 Å². The van der Waals surface area contributed by atoms with Gasteiger partial charge in [0.2, 0.25) is 0 Å². The fourth-order valence-corrected chi connectivity index (χ4v) is 3.25. The Balaban J connectivity index is 1.54. The fourth-order valence-electron chi connectivity index (χ4n) is 3.25. The highest BCUT2D eigenvalue weighted by Gasteiger charge is 2.14. The van der Waals surface area contributed by atoms with Crippen LogP contribution in [0.2, 0.25) is 0 Å². The molecule has 4 rings (SSSR count). The van der Waals surface area contributed by atoms with Crippen molar-refractivity contribution in [1.29, 1.82) is 5.41 Å². The predicted molar refractivity (Wildman–Crippen MR) is 125 cm³/mol. The molecule has 1 amide bonds. The molecule has 0 radical (unpaired) electrons. The van der Waals surface area contributed by atoms with E-state index in [0.717, 1.165) is 11.8 Å². The average Bonchev–Trinajstić information content (AvgIpc) is 3.31. The smallest absolute Gasteiger partial charge is 0.251 e. The number of phenolic OH excluding ortho intramolecular Hbond substituents is 1. The molecule has 10 heteroatoms. The number of amides is 1. The zero-order chi connectivity index (χ0) is 23.4. The van der Waals surface area contributed by atoms with Gasteiger partial charge in [-0.25, -0.2) is 14.5 Å². The maximum Gasteiger partial charge on any atom is 0.251 e. The Morgan fingerprint density at radius 3 is 2.73 bits per heavy atom. The number of rotatable bonds is 7. The van der Waals surface area contributed by atoms with Gasteiger partial charge in [-0.3, -0.25) is 4.79 Å². The average molecular weight is 442 g/mol. The van der Waals surface area contributed by atoms with Crippen LogP contribution in [0.3, 0.4) is 0 Å². The summed E-state index contributed by atoms with van der Waals surface area (Å²) in [7, 11) is 0. The SMILES string of the molecule is CC(N)=C(C=N)c1cnc(Nc2cccc(C(=O)NCc3ccc(O)cc3)c2)c2ncnn12. The zero-order valence-electron chi connectivity index (χ0n) is 17.8. The van der Waals surface area contributed by atoms with E-state index < -0.39 is 0 Å². The van der Waals surface area contributed by atoms with Crippen molar-refractivity contribution in [2.24, 2.45) is 5.73 Å². The second-order valence-corrected chi connectivity index (χ2v) is 7.28. The highest BCUT2D eigenvalue weighted by molar-refractivity contribution is 6.08. The van der Waals surface area contributed by atoms with Crippen LogP contribution in [0.4, 0.5) is 11.5 Å². The zero-order valence-corrected chi connectivity index (χ0v) is 17.8. The van der Waals surface area contributed by atoms with Crippen molar-refractivity contribution in [3.8, 4) is 5.75 Å². The molecule has 166 valence electrons. The summed E-state index contributed by atoms with van der Waals surface area (Å²) in [5, 5.41) is 27.3. The first-order valence-electron chi connectivity index (χ1n) is 10.1. The van der Waals surface area contributed by atoms with Crippen molar-refractivity contribution < 1.29 is 9.90 Å². The Hall–Kier alpha value is -4.73. The summed E-state index contributed by atoms with van der Waals surface area (Å²) in [6, 6.07) is 13.6. The highest BCUT2D eigenvalue weighted by Crippen LogP contribution is 2.23. The molecule has 0 unspecified atom stereocenters. The summed E-state index contributed by atoms with van der Waals surface area (Å²) < 4.78 is 1.56. The second kappa shape index (κ2) is 9.18. The molecule has 4 aromatic rings. The van der Waals surface area contributed by atoms with E-state index in [1.807, 2.05) is 6.07 Å². The third-order valence-corrected chi connectivity index (χ3v) is 4.93. The Kier molecular flexibility index (Phi) is 5.98. The number of allylic oxidation sites excluding steroid dienone is 2. The molecule has 6 N–H and O–H groups in total. The largest absolute Gasteiger partial charge is 0.508 e. The van der Waals surface area contributed by atoms with Crippen LogP contribution in [-0.4, -0.2) is 36.8 Å². The number of hydrogen-bond acceptors (Lipinski definition) is 8. The van der Waals surface area contributed by atoms with E-state index >= 15 is 0 Å². The molecule has 0 aliphatic heterocycles. The number of benzene rings is 2. The lowest BCUT2D eigenvalue weighted by molar-refractivity contribution is 0.0951. The van der Waals surface area contributed by atoms with Gasteiger partial charge in [-0.15, -0.1) is 0 Å². The maximum absolute atomic E-state index is 12.6. The Bertz CT molecular complexity index is 1350. The normalized spacial score (nSPS) is 11.7. The predicted octanol–water partition coefficient (Wildman–Crippen LogP) is 2.84. The summed E-state index contributed by atoms with van der Waals surface area (Å²) >= 11 is 0. The van der Waals surface area contributed by atoms with Crippen LogP contribution < -0.4 is 16.4 Å². The number of anilines is 2.